The van der Waals surface area contributed by atoms with Gasteiger partial charge < -0.3 is 14.5 Å². The number of rotatable bonds is 4. The lowest BCUT2D eigenvalue weighted by molar-refractivity contribution is -0.138. The van der Waals surface area contributed by atoms with Gasteiger partial charge in [0.1, 0.15) is 18.5 Å². The van der Waals surface area contributed by atoms with Gasteiger partial charge in [-0.1, -0.05) is 18.2 Å². The second-order valence-corrected chi connectivity index (χ2v) is 8.39. The zero-order valence-electron chi connectivity index (χ0n) is 17.4. The second-order valence-electron chi connectivity index (χ2n) is 8.39. The highest BCUT2D eigenvalue weighted by molar-refractivity contribution is 6.00. The van der Waals surface area contributed by atoms with Crippen molar-refractivity contribution in [2.24, 2.45) is 0 Å². The van der Waals surface area contributed by atoms with E-state index in [2.05, 4.69) is 32.1 Å². The molecule has 5 rings (SSSR count). The summed E-state index contributed by atoms with van der Waals surface area (Å²) in [6, 6.07) is 9.70. The van der Waals surface area contributed by atoms with Gasteiger partial charge in [-0.15, -0.1) is 0 Å². The van der Waals surface area contributed by atoms with Crippen LogP contribution in [0.5, 0.6) is 0 Å². The number of likely N-dealkylation sites (N-methyl/N-ethyl adjacent to an activating group) is 1. The van der Waals surface area contributed by atoms with E-state index in [1.807, 2.05) is 18.2 Å². The Balaban J connectivity index is 1.34. The van der Waals surface area contributed by atoms with Gasteiger partial charge in [0, 0.05) is 52.0 Å². The number of fused-ring (bicyclic) bond motifs is 3. The van der Waals surface area contributed by atoms with Crippen molar-refractivity contribution in [1.82, 2.24) is 24.9 Å². The lowest BCUT2D eigenvalue weighted by atomic mass is 10.1. The summed E-state index contributed by atoms with van der Waals surface area (Å²) in [6.07, 6.45) is 0.586. The summed E-state index contributed by atoms with van der Waals surface area (Å²) in [7, 11) is 1.80. The lowest BCUT2D eigenvalue weighted by Gasteiger charge is -2.44. The Morgan fingerprint density at radius 2 is 1.80 bits per heavy atom. The number of urea groups is 1. The van der Waals surface area contributed by atoms with Crippen molar-refractivity contribution in [1.29, 1.82) is 0 Å². The van der Waals surface area contributed by atoms with E-state index in [4.69, 9.17) is 4.74 Å². The van der Waals surface area contributed by atoms with Crippen LogP contribution in [-0.4, -0.2) is 110 Å². The van der Waals surface area contributed by atoms with Crippen molar-refractivity contribution >= 4 is 17.6 Å². The number of morpholine rings is 1. The molecule has 4 heterocycles. The molecule has 1 aromatic rings. The molecule has 0 aliphatic carbocycles. The quantitative estimate of drug-likeness (QED) is 0.744. The number of hydrogen-bond acceptors (Lipinski definition) is 7. The van der Waals surface area contributed by atoms with E-state index in [1.165, 1.54) is 4.90 Å². The average molecular weight is 415 g/mol. The summed E-state index contributed by atoms with van der Waals surface area (Å²) in [5, 5.41) is 3.56. The number of amides is 3. The normalized spacial score (nSPS) is 30.6. The number of carbonyl (C=O) groups excluding carboxylic acids is 2. The van der Waals surface area contributed by atoms with Crippen LogP contribution in [0.1, 0.15) is 6.42 Å². The van der Waals surface area contributed by atoms with E-state index in [1.54, 1.807) is 11.9 Å². The van der Waals surface area contributed by atoms with Crippen molar-refractivity contribution in [2.45, 2.75) is 24.9 Å². The third-order valence-corrected chi connectivity index (χ3v) is 6.70. The smallest absolute Gasteiger partial charge is 0.327 e. The number of nitrogens with zero attached hydrogens (tertiary/aromatic N) is 5. The molecule has 30 heavy (non-hydrogen) atoms. The Labute approximate surface area is 177 Å². The number of anilines is 1. The van der Waals surface area contributed by atoms with E-state index in [9.17, 15) is 9.59 Å². The second kappa shape index (κ2) is 8.14. The maximum Gasteiger partial charge on any atom is 0.327 e. The zero-order valence-corrected chi connectivity index (χ0v) is 17.4. The van der Waals surface area contributed by atoms with Crippen LogP contribution in [0.2, 0.25) is 0 Å². The van der Waals surface area contributed by atoms with Crippen LogP contribution in [0, 0.1) is 0 Å². The number of ether oxygens (including phenoxy) is 1. The molecule has 4 aliphatic rings. The molecular formula is C21H30N6O3. The Bertz CT molecular complexity index is 786. The summed E-state index contributed by atoms with van der Waals surface area (Å²) in [4.78, 5) is 36.4. The van der Waals surface area contributed by atoms with Gasteiger partial charge in [0.05, 0.1) is 13.2 Å². The molecule has 3 unspecified atom stereocenters. The Hall–Kier alpha value is -2.20. The molecule has 1 aromatic carbocycles. The largest absolute Gasteiger partial charge is 0.379 e. The summed E-state index contributed by atoms with van der Waals surface area (Å²) in [5.41, 5.74) is 1.13. The first kappa shape index (κ1) is 19.7. The van der Waals surface area contributed by atoms with Crippen molar-refractivity contribution in [3.05, 3.63) is 30.3 Å². The molecule has 0 spiro atoms. The highest BCUT2D eigenvalue weighted by Crippen LogP contribution is 2.32. The van der Waals surface area contributed by atoms with E-state index in [0.29, 0.717) is 26.3 Å². The van der Waals surface area contributed by atoms with Crippen LogP contribution in [-0.2, 0) is 9.53 Å². The van der Waals surface area contributed by atoms with Gasteiger partial charge in [-0.3, -0.25) is 24.8 Å². The maximum atomic E-state index is 13.5. The summed E-state index contributed by atoms with van der Waals surface area (Å²) in [6.45, 7) is 5.99. The minimum atomic E-state index is -0.353. The van der Waals surface area contributed by atoms with Gasteiger partial charge in [0.25, 0.3) is 5.91 Å². The van der Waals surface area contributed by atoms with Gasteiger partial charge in [-0.05, 0) is 18.6 Å². The van der Waals surface area contributed by atoms with Gasteiger partial charge in [-0.2, -0.15) is 0 Å². The standard InChI is InChI=1S/C21H30N6O3/c1-23-18-17(19(28)27(21(23)29)11-10-24-12-14-30-15-13-24)26-9-5-8-25(20(26)22-18)16-6-3-2-4-7-16/h2-4,6-7,17-18,20,22H,5,8-15H2,1H3. The van der Waals surface area contributed by atoms with E-state index < -0.39 is 0 Å². The number of nitrogens with one attached hydrogen (secondary N) is 1. The molecule has 0 bridgehead atoms. The number of para-hydroxylation sites is 1. The summed E-state index contributed by atoms with van der Waals surface area (Å²) in [5.74, 6) is -0.0822. The van der Waals surface area contributed by atoms with Crippen LogP contribution in [0.25, 0.3) is 0 Å². The first-order chi connectivity index (χ1) is 14.6. The van der Waals surface area contributed by atoms with Crippen molar-refractivity contribution in [3.8, 4) is 0 Å². The van der Waals surface area contributed by atoms with Crippen molar-refractivity contribution in [2.75, 3.05) is 64.4 Å². The first-order valence-electron chi connectivity index (χ1n) is 10.9. The minimum Gasteiger partial charge on any atom is -0.379 e. The van der Waals surface area contributed by atoms with Gasteiger partial charge in [-0.25, -0.2) is 4.79 Å². The molecule has 1 N–H and O–H groups in total. The SMILES string of the molecule is CN1C(=O)N(CCN2CCOCC2)C(=O)C2C1NC1N(c3ccccc3)CCCN21. The predicted octanol–water partition coefficient (Wildman–Crippen LogP) is 0.00640. The lowest BCUT2D eigenvalue weighted by Crippen LogP contribution is -2.67. The third kappa shape index (κ3) is 3.35. The third-order valence-electron chi connectivity index (χ3n) is 6.70. The van der Waals surface area contributed by atoms with E-state index in [0.717, 1.165) is 38.3 Å². The molecule has 0 aromatic heterocycles. The topological polar surface area (TPSA) is 71.6 Å². The van der Waals surface area contributed by atoms with E-state index in [-0.39, 0.29) is 30.4 Å². The number of hydrogen-bond donors (Lipinski definition) is 1. The van der Waals surface area contributed by atoms with Crippen molar-refractivity contribution in [3.63, 3.8) is 0 Å². The molecule has 4 fully saturated rings. The highest BCUT2D eigenvalue weighted by Gasteiger charge is 2.55. The molecular weight excluding hydrogens is 384 g/mol. The number of benzene rings is 1. The maximum absolute atomic E-state index is 13.5. The van der Waals surface area contributed by atoms with Crippen LogP contribution in [0.15, 0.2) is 30.3 Å². The number of carbonyl (C=O) groups is 2. The van der Waals surface area contributed by atoms with E-state index >= 15 is 0 Å². The van der Waals surface area contributed by atoms with Gasteiger partial charge >= 0.3 is 6.03 Å². The molecule has 162 valence electrons. The monoisotopic (exact) mass is 414 g/mol. The fourth-order valence-corrected chi connectivity index (χ4v) is 5.08. The first-order valence-corrected chi connectivity index (χ1v) is 10.9. The van der Waals surface area contributed by atoms with Crippen molar-refractivity contribution < 1.29 is 14.3 Å². The fraction of sp³-hybridized carbons (Fsp3) is 0.619. The Kier molecular flexibility index (Phi) is 5.36. The molecule has 9 nitrogen and oxygen atoms in total. The van der Waals surface area contributed by atoms with Gasteiger partial charge in [0.2, 0.25) is 0 Å². The van der Waals surface area contributed by atoms with Crippen LogP contribution in [0.4, 0.5) is 10.5 Å². The molecule has 3 amide bonds. The molecule has 0 saturated carbocycles. The molecule has 0 radical (unpaired) electrons. The highest BCUT2D eigenvalue weighted by atomic mass is 16.5. The number of imide groups is 1. The zero-order chi connectivity index (χ0) is 20.7. The summed E-state index contributed by atoms with van der Waals surface area (Å²) < 4.78 is 5.40. The predicted molar refractivity (Wildman–Crippen MR) is 112 cm³/mol. The van der Waals surface area contributed by atoms with Gasteiger partial charge in [0.15, 0.2) is 0 Å². The van der Waals surface area contributed by atoms with Crippen LogP contribution >= 0.6 is 0 Å². The molecule has 9 heteroatoms. The molecule has 3 atom stereocenters. The average Bonchev–Trinajstić information content (AvgIpc) is 3.19. The fourth-order valence-electron chi connectivity index (χ4n) is 5.08. The Morgan fingerprint density at radius 1 is 1.03 bits per heavy atom. The molecule has 4 saturated heterocycles. The summed E-state index contributed by atoms with van der Waals surface area (Å²) >= 11 is 0. The molecule has 4 aliphatic heterocycles. The van der Waals surface area contributed by atoms with Crippen LogP contribution in [0.3, 0.4) is 0 Å². The van der Waals surface area contributed by atoms with Crippen LogP contribution < -0.4 is 10.2 Å². The Morgan fingerprint density at radius 3 is 2.57 bits per heavy atom. The minimum absolute atomic E-state index is 0.0822.